The summed E-state index contributed by atoms with van der Waals surface area (Å²) in [6.07, 6.45) is 7.71. The van der Waals surface area contributed by atoms with Gasteiger partial charge in [-0.2, -0.15) is 0 Å². The Bertz CT molecular complexity index is 280. The predicted octanol–water partition coefficient (Wildman–Crippen LogP) is 2.92. The number of hydrogen-bond acceptors (Lipinski definition) is 4. The van der Waals surface area contributed by atoms with Crippen molar-refractivity contribution in [2.24, 2.45) is 11.8 Å². The lowest BCUT2D eigenvalue weighted by Gasteiger charge is -2.16. The highest BCUT2D eigenvalue weighted by Crippen LogP contribution is 2.31. The van der Waals surface area contributed by atoms with Crippen molar-refractivity contribution in [2.75, 3.05) is 13.7 Å². The van der Waals surface area contributed by atoms with Crippen molar-refractivity contribution >= 4 is 5.97 Å². The van der Waals surface area contributed by atoms with Gasteiger partial charge in [0.1, 0.15) is 0 Å². The van der Waals surface area contributed by atoms with Gasteiger partial charge in [-0.15, -0.1) is 0 Å². The van der Waals surface area contributed by atoms with E-state index in [1.807, 2.05) is 6.92 Å². The lowest BCUT2D eigenvalue weighted by Crippen LogP contribution is -2.15. The Balaban J connectivity index is 2.14. The van der Waals surface area contributed by atoms with E-state index in [0.29, 0.717) is 18.1 Å². The SMILES string of the molecule is COC(=O)[C@@H](C)CCCC[C@@H]1O[C@@H](CCCO)C[C@@H]1C. The lowest BCUT2D eigenvalue weighted by molar-refractivity contribution is -0.145. The Hall–Kier alpha value is -0.610. The monoisotopic (exact) mass is 286 g/mol. The fourth-order valence-corrected chi connectivity index (χ4v) is 2.98. The van der Waals surface area contributed by atoms with E-state index in [1.165, 1.54) is 7.11 Å². The molecule has 0 aromatic heterocycles. The summed E-state index contributed by atoms with van der Waals surface area (Å²) in [5.41, 5.74) is 0. The quantitative estimate of drug-likeness (QED) is 0.523. The van der Waals surface area contributed by atoms with Crippen molar-refractivity contribution in [1.82, 2.24) is 0 Å². The fraction of sp³-hybridized carbons (Fsp3) is 0.938. The zero-order valence-corrected chi connectivity index (χ0v) is 13.1. The van der Waals surface area contributed by atoms with Crippen LogP contribution in [0, 0.1) is 11.8 Å². The van der Waals surface area contributed by atoms with Crippen molar-refractivity contribution in [3.8, 4) is 0 Å². The number of hydrogen-bond donors (Lipinski definition) is 1. The van der Waals surface area contributed by atoms with Gasteiger partial charge in [0.15, 0.2) is 0 Å². The Morgan fingerprint density at radius 2 is 2.10 bits per heavy atom. The van der Waals surface area contributed by atoms with Gasteiger partial charge in [0.05, 0.1) is 25.2 Å². The molecular formula is C16H30O4. The third-order valence-corrected chi connectivity index (χ3v) is 4.30. The molecule has 0 spiro atoms. The van der Waals surface area contributed by atoms with Gasteiger partial charge >= 0.3 is 5.97 Å². The van der Waals surface area contributed by atoms with Crippen LogP contribution < -0.4 is 0 Å². The minimum atomic E-state index is -0.112. The molecule has 0 aromatic carbocycles. The molecular weight excluding hydrogens is 256 g/mol. The summed E-state index contributed by atoms with van der Waals surface area (Å²) in [5.74, 6) is 0.496. The second-order valence-electron chi connectivity index (χ2n) is 6.08. The zero-order chi connectivity index (χ0) is 15.0. The normalized spacial score (nSPS) is 27.5. The van der Waals surface area contributed by atoms with Crippen LogP contribution in [0.2, 0.25) is 0 Å². The number of aliphatic hydroxyl groups excluding tert-OH is 1. The third kappa shape index (κ3) is 5.80. The zero-order valence-electron chi connectivity index (χ0n) is 13.1. The van der Waals surface area contributed by atoms with Crippen LogP contribution in [0.4, 0.5) is 0 Å². The molecule has 4 atom stereocenters. The van der Waals surface area contributed by atoms with Crippen molar-refractivity contribution in [1.29, 1.82) is 0 Å². The van der Waals surface area contributed by atoms with Crippen LogP contribution in [-0.2, 0) is 14.3 Å². The largest absolute Gasteiger partial charge is 0.469 e. The molecule has 1 aliphatic rings. The lowest BCUT2D eigenvalue weighted by atomic mass is 9.95. The first-order chi connectivity index (χ1) is 9.58. The number of methoxy groups -OCH3 is 1. The molecule has 0 unspecified atom stereocenters. The van der Waals surface area contributed by atoms with Gasteiger partial charge in [0, 0.05) is 6.61 Å². The van der Waals surface area contributed by atoms with Crippen LogP contribution in [-0.4, -0.2) is 37.0 Å². The van der Waals surface area contributed by atoms with E-state index >= 15 is 0 Å². The summed E-state index contributed by atoms with van der Waals surface area (Å²) in [5, 5.41) is 8.86. The van der Waals surface area contributed by atoms with Gasteiger partial charge in [-0.1, -0.05) is 26.7 Å². The second kappa shape index (κ2) is 9.35. The summed E-state index contributed by atoms with van der Waals surface area (Å²) in [4.78, 5) is 11.3. The molecule has 1 aliphatic heterocycles. The van der Waals surface area contributed by atoms with E-state index in [-0.39, 0.29) is 18.5 Å². The molecule has 118 valence electrons. The van der Waals surface area contributed by atoms with Crippen LogP contribution in [0.3, 0.4) is 0 Å². The first kappa shape index (κ1) is 17.4. The molecule has 4 nitrogen and oxygen atoms in total. The van der Waals surface area contributed by atoms with E-state index in [0.717, 1.165) is 44.9 Å². The smallest absolute Gasteiger partial charge is 0.308 e. The van der Waals surface area contributed by atoms with E-state index in [4.69, 9.17) is 14.6 Å². The second-order valence-corrected chi connectivity index (χ2v) is 6.08. The predicted molar refractivity (Wildman–Crippen MR) is 78.4 cm³/mol. The van der Waals surface area contributed by atoms with Crippen LogP contribution >= 0.6 is 0 Å². The number of esters is 1. The van der Waals surface area contributed by atoms with Gasteiger partial charge in [-0.25, -0.2) is 0 Å². The number of rotatable bonds is 9. The molecule has 0 saturated carbocycles. The molecule has 0 bridgehead atoms. The van der Waals surface area contributed by atoms with Crippen LogP contribution in [0.1, 0.15) is 58.8 Å². The topological polar surface area (TPSA) is 55.8 Å². The molecule has 0 amide bonds. The van der Waals surface area contributed by atoms with E-state index in [9.17, 15) is 4.79 Å². The summed E-state index contributed by atoms with van der Waals surface area (Å²) in [6.45, 7) is 4.43. The number of unbranched alkanes of at least 4 members (excludes halogenated alkanes) is 1. The molecule has 1 fully saturated rings. The first-order valence-electron chi connectivity index (χ1n) is 7.92. The summed E-state index contributed by atoms with van der Waals surface area (Å²) in [6, 6.07) is 0. The summed E-state index contributed by atoms with van der Waals surface area (Å²) >= 11 is 0. The molecule has 0 aliphatic carbocycles. The molecule has 1 heterocycles. The third-order valence-electron chi connectivity index (χ3n) is 4.30. The molecule has 0 radical (unpaired) electrons. The van der Waals surface area contributed by atoms with Crippen molar-refractivity contribution < 1.29 is 19.4 Å². The van der Waals surface area contributed by atoms with Gasteiger partial charge in [0.2, 0.25) is 0 Å². The number of carbonyl (C=O) groups excluding carboxylic acids is 1. The highest BCUT2D eigenvalue weighted by Gasteiger charge is 2.31. The van der Waals surface area contributed by atoms with Gasteiger partial charge in [0.25, 0.3) is 0 Å². The summed E-state index contributed by atoms with van der Waals surface area (Å²) in [7, 11) is 1.44. The molecule has 1 saturated heterocycles. The number of aliphatic hydroxyl groups is 1. The van der Waals surface area contributed by atoms with E-state index in [1.54, 1.807) is 0 Å². The maximum absolute atomic E-state index is 11.3. The molecule has 1 N–H and O–H groups in total. The van der Waals surface area contributed by atoms with Crippen molar-refractivity contribution in [3.63, 3.8) is 0 Å². The van der Waals surface area contributed by atoms with E-state index in [2.05, 4.69) is 6.92 Å². The average molecular weight is 286 g/mol. The van der Waals surface area contributed by atoms with Crippen LogP contribution in [0.5, 0.6) is 0 Å². The Morgan fingerprint density at radius 1 is 1.35 bits per heavy atom. The highest BCUT2D eigenvalue weighted by atomic mass is 16.5. The fourth-order valence-electron chi connectivity index (χ4n) is 2.98. The Kier molecular flexibility index (Phi) is 8.15. The maximum Gasteiger partial charge on any atom is 0.308 e. The van der Waals surface area contributed by atoms with E-state index < -0.39 is 0 Å². The molecule has 1 rings (SSSR count). The van der Waals surface area contributed by atoms with Gasteiger partial charge in [-0.3, -0.25) is 4.79 Å². The molecule has 20 heavy (non-hydrogen) atoms. The summed E-state index contributed by atoms with van der Waals surface area (Å²) < 4.78 is 10.8. The number of ether oxygens (including phenoxy) is 2. The maximum atomic E-state index is 11.3. The van der Waals surface area contributed by atoms with Crippen LogP contribution in [0.15, 0.2) is 0 Å². The van der Waals surface area contributed by atoms with Gasteiger partial charge < -0.3 is 14.6 Å². The standard InChI is InChI=1S/C16H30O4/c1-12(16(18)19-3)7-4-5-9-15-13(2)11-14(20-15)8-6-10-17/h12-15,17H,4-11H2,1-3H3/t12-,13-,14-,15-/m0/s1. The number of carbonyl (C=O) groups is 1. The van der Waals surface area contributed by atoms with Gasteiger partial charge in [-0.05, 0) is 38.0 Å². The Labute approximate surface area is 122 Å². The first-order valence-corrected chi connectivity index (χ1v) is 7.92. The molecule has 4 heteroatoms. The highest BCUT2D eigenvalue weighted by molar-refractivity contribution is 5.71. The van der Waals surface area contributed by atoms with Crippen molar-refractivity contribution in [3.05, 3.63) is 0 Å². The molecule has 0 aromatic rings. The Morgan fingerprint density at radius 3 is 2.75 bits per heavy atom. The van der Waals surface area contributed by atoms with Crippen molar-refractivity contribution in [2.45, 2.75) is 71.0 Å². The average Bonchev–Trinajstić information content (AvgIpc) is 2.80. The van der Waals surface area contributed by atoms with Crippen LogP contribution in [0.25, 0.3) is 0 Å². The minimum Gasteiger partial charge on any atom is -0.469 e. The minimum absolute atomic E-state index is 0.000720.